The standard InChI is InChI=1S/C18H25N3O4/c22-15-2-1-14(20-21-15)17(24)25-9-16(23)19-10-18-6-11-3-12(7-18)5-13(4-11)8-18/h11-13H,1-10H2,(H,19,23)(H,21,22). The fraction of sp³-hybridized carbons (Fsp3) is 0.778. The molecule has 2 amide bonds. The third-order valence-electron chi connectivity index (χ3n) is 6.30. The smallest absolute Gasteiger partial charge is 0.355 e. The third kappa shape index (κ3) is 3.55. The van der Waals surface area contributed by atoms with E-state index in [2.05, 4.69) is 15.8 Å². The Balaban J connectivity index is 1.23. The summed E-state index contributed by atoms with van der Waals surface area (Å²) in [6, 6.07) is 0. The van der Waals surface area contributed by atoms with Gasteiger partial charge in [0.2, 0.25) is 5.91 Å². The maximum atomic E-state index is 12.1. The third-order valence-corrected chi connectivity index (χ3v) is 6.30. The minimum atomic E-state index is -0.634. The predicted molar refractivity (Wildman–Crippen MR) is 89.4 cm³/mol. The minimum absolute atomic E-state index is 0.161. The van der Waals surface area contributed by atoms with Gasteiger partial charge in [0.15, 0.2) is 6.61 Å². The lowest BCUT2D eigenvalue weighted by molar-refractivity contribution is -0.143. The first-order valence-corrected chi connectivity index (χ1v) is 9.31. The van der Waals surface area contributed by atoms with Gasteiger partial charge in [-0.15, -0.1) is 0 Å². The first-order chi connectivity index (χ1) is 12.0. The molecule has 0 spiro atoms. The van der Waals surface area contributed by atoms with Gasteiger partial charge in [-0.2, -0.15) is 5.10 Å². The maximum Gasteiger partial charge on any atom is 0.355 e. The molecule has 7 heteroatoms. The molecule has 0 unspecified atom stereocenters. The fourth-order valence-corrected chi connectivity index (χ4v) is 5.68. The van der Waals surface area contributed by atoms with Crippen LogP contribution in [0.4, 0.5) is 0 Å². The van der Waals surface area contributed by atoms with Crippen LogP contribution in [0.3, 0.4) is 0 Å². The molecule has 0 aromatic rings. The van der Waals surface area contributed by atoms with E-state index >= 15 is 0 Å². The Bertz CT molecular complexity index is 593. The Morgan fingerprint density at radius 1 is 1.12 bits per heavy atom. The normalized spacial score (nSPS) is 35.8. The van der Waals surface area contributed by atoms with Crippen molar-refractivity contribution in [2.24, 2.45) is 28.3 Å². The molecule has 4 saturated carbocycles. The SMILES string of the molecule is O=C(COC(=O)C1=NNC(=O)CC1)NCC12CC3CC(CC(C3)C1)C2. The number of hydrogen-bond donors (Lipinski definition) is 2. The second-order valence-corrected chi connectivity index (χ2v) is 8.36. The van der Waals surface area contributed by atoms with Crippen LogP contribution in [0.1, 0.15) is 51.4 Å². The van der Waals surface area contributed by atoms with Crippen molar-refractivity contribution in [1.82, 2.24) is 10.7 Å². The molecule has 4 aliphatic carbocycles. The van der Waals surface area contributed by atoms with Gasteiger partial charge in [-0.25, -0.2) is 10.2 Å². The van der Waals surface area contributed by atoms with E-state index in [0.29, 0.717) is 6.54 Å². The lowest BCUT2D eigenvalue weighted by Gasteiger charge is -2.56. The van der Waals surface area contributed by atoms with Gasteiger partial charge >= 0.3 is 5.97 Å². The Morgan fingerprint density at radius 2 is 1.76 bits per heavy atom. The van der Waals surface area contributed by atoms with Crippen LogP contribution in [0.5, 0.6) is 0 Å². The molecule has 25 heavy (non-hydrogen) atoms. The highest BCUT2D eigenvalue weighted by atomic mass is 16.5. The summed E-state index contributed by atoms with van der Waals surface area (Å²) >= 11 is 0. The lowest BCUT2D eigenvalue weighted by Crippen LogP contribution is -2.51. The average molecular weight is 347 g/mol. The topological polar surface area (TPSA) is 96.9 Å². The van der Waals surface area contributed by atoms with Gasteiger partial charge in [0.25, 0.3) is 5.91 Å². The van der Waals surface area contributed by atoms with E-state index in [1.165, 1.54) is 38.5 Å². The van der Waals surface area contributed by atoms with Gasteiger partial charge in [-0.1, -0.05) is 0 Å². The summed E-state index contributed by atoms with van der Waals surface area (Å²) in [5.74, 6) is 1.43. The number of rotatable bonds is 5. The van der Waals surface area contributed by atoms with Gasteiger partial charge < -0.3 is 10.1 Å². The van der Waals surface area contributed by atoms with Crippen LogP contribution in [0, 0.1) is 23.2 Å². The monoisotopic (exact) mass is 347 g/mol. The molecule has 0 saturated heterocycles. The van der Waals surface area contributed by atoms with Crippen molar-refractivity contribution >= 4 is 23.5 Å². The van der Waals surface area contributed by atoms with Crippen molar-refractivity contribution in [1.29, 1.82) is 0 Å². The number of amides is 2. The molecule has 4 bridgehead atoms. The zero-order valence-electron chi connectivity index (χ0n) is 14.4. The van der Waals surface area contributed by atoms with E-state index < -0.39 is 5.97 Å². The van der Waals surface area contributed by atoms with Crippen LogP contribution in [-0.4, -0.2) is 36.6 Å². The Kier molecular flexibility index (Phi) is 4.25. The number of carbonyl (C=O) groups excluding carboxylic acids is 3. The summed E-state index contributed by atoms with van der Waals surface area (Å²) in [6.07, 6.45) is 8.29. The average Bonchev–Trinajstić information content (AvgIpc) is 2.57. The van der Waals surface area contributed by atoms with Crippen molar-refractivity contribution < 1.29 is 19.1 Å². The van der Waals surface area contributed by atoms with Crippen molar-refractivity contribution in [3.05, 3.63) is 0 Å². The molecule has 2 N–H and O–H groups in total. The number of hydrogen-bond acceptors (Lipinski definition) is 5. The molecular formula is C18H25N3O4. The van der Waals surface area contributed by atoms with Crippen molar-refractivity contribution in [3.8, 4) is 0 Å². The number of hydrazone groups is 1. The Labute approximate surface area is 146 Å². The molecule has 4 fully saturated rings. The van der Waals surface area contributed by atoms with Crippen molar-refractivity contribution in [3.63, 3.8) is 0 Å². The Morgan fingerprint density at radius 3 is 2.32 bits per heavy atom. The van der Waals surface area contributed by atoms with Gasteiger partial charge in [-0.3, -0.25) is 9.59 Å². The fourth-order valence-electron chi connectivity index (χ4n) is 5.68. The second-order valence-electron chi connectivity index (χ2n) is 8.36. The molecule has 1 heterocycles. The highest BCUT2D eigenvalue weighted by molar-refractivity contribution is 6.37. The molecule has 0 aromatic carbocycles. The molecule has 5 aliphatic rings. The molecule has 1 aliphatic heterocycles. The predicted octanol–water partition coefficient (Wildman–Crippen LogP) is 1.13. The van der Waals surface area contributed by atoms with E-state index in [0.717, 1.165) is 17.8 Å². The first-order valence-electron chi connectivity index (χ1n) is 9.31. The van der Waals surface area contributed by atoms with Gasteiger partial charge in [0, 0.05) is 19.4 Å². The quantitative estimate of drug-likeness (QED) is 0.729. The van der Waals surface area contributed by atoms with Crippen LogP contribution >= 0.6 is 0 Å². The molecule has 0 atom stereocenters. The van der Waals surface area contributed by atoms with E-state index in [1.807, 2.05) is 0 Å². The molecule has 5 rings (SSSR count). The molecule has 0 radical (unpaired) electrons. The minimum Gasteiger partial charge on any atom is -0.451 e. The van der Waals surface area contributed by atoms with Gasteiger partial charge in [0.1, 0.15) is 5.71 Å². The first kappa shape index (κ1) is 16.5. The number of ether oxygens (including phenoxy) is 1. The summed E-state index contributed by atoms with van der Waals surface area (Å²) in [5.41, 5.74) is 2.68. The highest BCUT2D eigenvalue weighted by Gasteiger charge is 2.50. The number of nitrogens with one attached hydrogen (secondary N) is 2. The maximum absolute atomic E-state index is 12.1. The number of carbonyl (C=O) groups is 3. The zero-order chi connectivity index (χ0) is 17.4. The van der Waals surface area contributed by atoms with E-state index in [4.69, 9.17) is 4.74 Å². The lowest BCUT2D eigenvalue weighted by atomic mass is 9.49. The van der Waals surface area contributed by atoms with Crippen LogP contribution in [0.25, 0.3) is 0 Å². The van der Waals surface area contributed by atoms with Gasteiger partial charge in [-0.05, 0) is 61.7 Å². The summed E-state index contributed by atoms with van der Waals surface area (Å²) in [4.78, 5) is 34.9. The Hall–Kier alpha value is -1.92. The number of nitrogens with zero attached hydrogens (tertiary/aromatic N) is 1. The van der Waals surface area contributed by atoms with Crippen LogP contribution < -0.4 is 10.7 Å². The largest absolute Gasteiger partial charge is 0.451 e. The summed E-state index contributed by atoms with van der Waals surface area (Å²) < 4.78 is 5.02. The summed E-state index contributed by atoms with van der Waals surface area (Å²) in [6.45, 7) is 0.405. The van der Waals surface area contributed by atoms with Crippen LogP contribution in [0.15, 0.2) is 5.10 Å². The van der Waals surface area contributed by atoms with Crippen LogP contribution in [0.2, 0.25) is 0 Å². The van der Waals surface area contributed by atoms with Crippen molar-refractivity contribution in [2.75, 3.05) is 13.2 Å². The second kappa shape index (κ2) is 6.42. The van der Waals surface area contributed by atoms with E-state index in [9.17, 15) is 14.4 Å². The van der Waals surface area contributed by atoms with E-state index in [-0.39, 0.29) is 42.4 Å². The highest BCUT2D eigenvalue weighted by Crippen LogP contribution is 2.59. The molecular weight excluding hydrogens is 322 g/mol. The summed E-state index contributed by atoms with van der Waals surface area (Å²) in [7, 11) is 0. The number of esters is 1. The zero-order valence-corrected chi connectivity index (χ0v) is 14.4. The van der Waals surface area contributed by atoms with Crippen molar-refractivity contribution in [2.45, 2.75) is 51.4 Å². The summed E-state index contributed by atoms with van der Waals surface area (Å²) in [5, 5.41) is 6.65. The molecule has 136 valence electrons. The van der Waals surface area contributed by atoms with Crippen LogP contribution in [-0.2, 0) is 19.1 Å². The molecule has 0 aromatic heterocycles. The molecule has 7 nitrogen and oxygen atoms in total. The van der Waals surface area contributed by atoms with Gasteiger partial charge in [0.05, 0.1) is 0 Å². The van der Waals surface area contributed by atoms with E-state index in [1.54, 1.807) is 0 Å².